The number of ether oxygens (including phenoxy) is 2. The Labute approximate surface area is 133 Å². The molecule has 1 aliphatic heterocycles. The van der Waals surface area contributed by atoms with Crippen LogP contribution < -0.4 is 0 Å². The summed E-state index contributed by atoms with van der Waals surface area (Å²) in [6.07, 6.45) is 9.74. The van der Waals surface area contributed by atoms with E-state index in [4.69, 9.17) is 14.6 Å². The van der Waals surface area contributed by atoms with Crippen molar-refractivity contribution in [2.45, 2.75) is 76.3 Å². The predicted octanol–water partition coefficient (Wildman–Crippen LogP) is 1.79. The summed E-state index contributed by atoms with van der Waals surface area (Å²) in [5.41, 5.74) is 0. The molecule has 0 amide bonds. The Morgan fingerprint density at radius 1 is 1.18 bits per heavy atom. The monoisotopic (exact) mass is 316 g/mol. The zero-order valence-corrected chi connectivity index (χ0v) is 13.7. The van der Waals surface area contributed by atoms with E-state index in [1.54, 1.807) is 0 Å². The molecule has 1 fully saturated rings. The van der Waals surface area contributed by atoms with Gasteiger partial charge >= 0.3 is 0 Å². The van der Waals surface area contributed by atoms with Gasteiger partial charge in [0.1, 0.15) is 24.4 Å². The standard InChI is InChI=1S/C17H32O5/c1-2-3-4-5-6-7-8-9-10-11-21-15-13-22-17(16(15)20)14(19)12-18/h9-10,14-20H,2-8,11-13H2,1H3/b10-9+/t14-,15+,16+,17+/m0/s1. The fourth-order valence-corrected chi connectivity index (χ4v) is 2.61. The Balaban J connectivity index is 2.03. The lowest BCUT2D eigenvalue weighted by Crippen LogP contribution is -2.41. The van der Waals surface area contributed by atoms with Crippen molar-refractivity contribution in [3.63, 3.8) is 0 Å². The zero-order chi connectivity index (χ0) is 16.2. The Bertz CT molecular complexity index is 295. The zero-order valence-electron chi connectivity index (χ0n) is 13.7. The second-order valence-corrected chi connectivity index (χ2v) is 5.94. The summed E-state index contributed by atoms with van der Waals surface area (Å²) < 4.78 is 10.8. The number of unbranched alkanes of at least 4 members (excludes halogenated alkanes) is 6. The quantitative estimate of drug-likeness (QED) is 0.378. The van der Waals surface area contributed by atoms with Crippen LogP contribution in [0.5, 0.6) is 0 Å². The van der Waals surface area contributed by atoms with Gasteiger partial charge in [0.2, 0.25) is 0 Å². The van der Waals surface area contributed by atoms with Crippen LogP contribution in [0.1, 0.15) is 51.9 Å². The highest BCUT2D eigenvalue weighted by atomic mass is 16.6. The van der Waals surface area contributed by atoms with Gasteiger partial charge in [-0.2, -0.15) is 0 Å². The minimum Gasteiger partial charge on any atom is -0.394 e. The number of allylic oxidation sites excluding steroid dienone is 1. The van der Waals surface area contributed by atoms with Crippen LogP contribution >= 0.6 is 0 Å². The molecule has 5 nitrogen and oxygen atoms in total. The van der Waals surface area contributed by atoms with Gasteiger partial charge < -0.3 is 24.8 Å². The van der Waals surface area contributed by atoms with Crippen molar-refractivity contribution >= 4 is 0 Å². The van der Waals surface area contributed by atoms with Crippen LogP contribution in [-0.2, 0) is 9.47 Å². The van der Waals surface area contributed by atoms with Crippen molar-refractivity contribution in [2.75, 3.05) is 19.8 Å². The summed E-state index contributed by atoms with van der Waals surface area (Å²) in [4.78, 5) is 0. The highest BCUT2D eigenvalue weighted by Gasteiger charge is 2.40. The minimum absolute atomic E-state index is 0.244. The molecule has 0 saturated carbocycles. The average molecular weight is 316 g/mol. The lowest BCUT2D eigenvalue weighted by Gasteiger charge is -2.20. The molecule has 1 saturated heterocycles. The summed E-state index contributed by atoms with van der Waals surface area (Å²) in [6.45, 7) is 2.48. The summed E-state index contributed by atoms with van der Waals surface area (Å²) >= 11 is 0. The van der Waals surface area contributed by atoms with E-state index in [0.717, 1.165) is 6.42 Å². The third-order valence-electron chi connectivity index (χ3n) is 4.03. The Hall–Kier alpha value is -0.460. The van der Waals surface area contributed by atoms with Crippen molar-refractivity contribution < 1.29 is 24.8 Å². The van der Waals surface area contributed by atoms with Crippen molar-refractivity contribution in [1.82, 2.24) is 0 Å². The van der Waals surface area contributed by atoms with E-state index in [-0.39, 0.29) is 6.61 Å². The molecule has 1 rings (SSSR count). The molecule has 0 aromatic carbocycles. The molecule has 1 aliphatic rings. The third kappa shape index (κ3) is 7.20. The second-order valence-electron chi connectivity index (χ2n) is 5.94. The number of aliphatic hydroxyl groups excluding tert-OH is 3. The fraction of sp³-hybridized carbons (Fsp3) is 0.882. The minimum atomic E-state index is -1.06. The average Bonchev–Trinajstić information content (AvgIpc) is 2.89. The van der Waals surface area contributed by atoms with E-state index < -0.39 is 31.0 Å². The van der Waals surface area contributed by atoms with Gasteiger partial charge in [-0.05, 0) is 12.8 Å². The molecule has 0 aromatic heterocycles. The molecule has 0 aromatic rings. The van der Waals surface area contributed by atoms with Gasteiger partial charge in [0, 0.05) is 0 Å². The first-order chi connectivity index (χ1) is 10.7. The van der Waals surface area contributed by atoms with Crippen molar-refractivity contribution in [3.05, 3.63) is 12.2 Å². The smallest absolute Gasteiger partial charge is 0.114 e. The Morgan fingerprint density at radius 2 is 1.91 bits per heavy atom. The summed E-state index contributed by atoms with van der Waals surface area (Å²) in [7, 11) is 0. The van der Waals surface area contributed by atoms with Gasteiger partial charge in [-0.1, -0.05) is 51.2 Å². The lowest BCUT2D eigenvalue weighted by molar-refractivity contribution is -0.0716. The molecule has 130 valence electrons. The maximum atomic E-state index is 9.95. The maximum Gasteiger partial charge on any atom is 0.114 e. The van der Waals surface area contributed by atoms with E-state index in [0.29, 0.717) is 6.61 Å². The van der Waals surface area contributed by atoms with Crippen molar-refractivity contribution in [1.29, 1.82) is 0 Å². The second kappa shape index (κ2) is 12.0. The van der Waals surface area contributed by atoms with Crippen molar-refractivity contribution in [2.24, 2.45) is 0 Å². The molecule has 0 aliphatic carbocycles. The molecular formula is C17H32O5. The summed E-state index contributed by atoms with van der Waals surface area (Å²) in [6, 6.07) is 0. The summed E-state index contributed by atoms with van der Waals surface area (Å²) in [5, 5.41) is 28.3. The van der Waals surface area contributed by atoms with Gasteiger partial charge in [-0.3, -0.25) is 0 Å². The predicted molar refractivity (Wildman–Crippen MR) is 85.7 cm³/mol. The normalized spacial score (nSPS) is 26.8. The number of rotatable bonds is 12. The van der Waals surface area contributed by atoms with E-state index >= 15 is 0 Å². The largest absolute Gasteiger partial charge is 0.394 e. The van der Waals surface area contributed by atoms with Crippen LogP contribution in [0.2, 0.25) is 0 Å². The van der Waals surface area contributed by atoms with Crippen LogP contribution in [0.4, 0.5) is 0 Å². The number of aliphatic hydroxyl groups is 3. The topological polar surface area (TPSA) is 79.2 Å². The molecule has 1 heterocycles. The molecule has 0 spiro atoms. The molecule has 4 atom stereocenters. The highest BCUT2D eigenvalue weighted by molar-refractivity contribution is 4.90. The van der Waals surface area contributed by atoms with Crippen molar-refractivity contribution in [3.8, 4) is 0 Å². The van der Waals surface area contributed by atoms with E-state index in [1.807, 2.05) is 6.08 Å². The first-order valence-electron chi connectivity index (χ1n) is 8.55. The lowest BCUT2D eigenvalue weighted by atomic mass is 10.1. The first-order valence-corrected chi connectivity index (χ1v) is 8.55. The van der Waals surface area contributed by atoms with Crippen LogP contribution in [0, 0.1) is 0 Å². The SMILES string of the molecule is CCCCCCCC/C=C/CO[C@@H]1CO[C@H]([C@@H](O)CO)[C@@H]1O. The fourth-order valence-electron chi connectivity index (χ4n) is 2.61. The van der Waals surface area contributed by atoms with Gasteiger partial charge in [-0.15, -0.1) is 0 Å². The van der Waals surface area contributed by atoms with E-state index in [1.165, 1.54) is 38.5 Å². The number of hydrogen-bond acceptors (Lipinski definition) is 5. The Kier molecular flexibility index (Phi) is 10.7. The highest BCUT2D eigenvalue weighted by Crippen LogP contribution is 2.20. The van der Waals surface area contributed by atoms with Gasteiger partial charge in [0.05, 0.1) is 19.8 Å². The van der Waals surface area contributed by atoms with Gasteiger partial charge in [0.25, 0.3) is 0 Å². The summed E-state index contributed by atoms with van der Waals surface area (Å²) in [5.74, 6) is 0. The maximum absolute atomic E-state index is 9.95. The van der Waals surface area contributed by atoms with Crippen LogP contribution in [0.3, 0.4) is 0 Å². The van der Waals surface area contributed by atoms with Crippen LogP contribution in [0.25, 0.3) is 0 Å². The van der Waals surface area contributed by atoms with Gasteiger partial charge in [0.15, 0.2) is 0 Å². The molecule has 0 radical (unpaired) electrons. The number of hydrogen-bond donors (Lipinski definition) is 3. The van der Waals surface area contributed by atoms with E-state index in [2.05, 4.69) is 13.0 Å². The van der Waals surface area contributed by atoms with Crippen LogP contribution in [0.15, 0.2) is 12.2 Å². The Morgan fingerprint density at radius 3 is 2.64 bits per heavy atom. The molecule has 0 bridgehead atoms. The molecule has 3 N–H and O–H groups in total. The first kappa shape index (κ1) is 19.6. The van der Waals surface area contributed by atoms with Crippen LogP contribution in [-0.4, -0.2) is 59.6 Å². The molecular weight excluding hydrogens is 284 g/mol. The third-order valence-corrected chi connectivity index (χ3v) is 4.03. The molecule has 0 unspecified atom stereocenters. The van der Waals surface area contributed by atoms with Gasteiger partial charge in [-0.25, -0.2) is 0 Å². The van der Waals surface area contributed by atoms with E-state index in [9.17, 15) is 10.2 Å². The molecule has 22 heavy (non-hydrogen) atoms. The molecule has 5 heteroatoms.